The van der Waals surface area contributed by atoms with E-state index >= 15 is 0 Å². The van der Waals surface area contributed by atoms with E-state index in [1.807, 2.05) is 78.3 Å². The van der Waals surface area contributed by atoms with Crippen LogP contribution in [0.15, 0.2) is 84.0 Å². The molecule has 0 fully saturated rings. The lowest BCUT2D eigenvalue weighted by molar-refractivity contribution is -0.116. The van der Waals surface area contributed by atoms with Crippen LogP contribution in [0.25, 0.3) is 11.4 Å². The molecule has 0 radical (unpaired) electrons. The number of carbonyl (C=O) groups excluding carboxylic acids is 1. The Labute approximate surface area is 206 Å². The van der Waals surface area contributed by atoms with Crippen molar-refractivity contribution in [3.05, 3.63) is 89.4 Å². The fraction of sp³-hybridized carbons (Fsp3) is 0.160. The van der Waals surface area contributed by atoms with E-state index < -0.39 is 5.25 Å². The lowest BCUT2D eigenvalue weighted by atomic mass is 10.0. The zero-order valence-electron chi connectivity index (χ0n) is 18.3. The molecule has 0 bridgehead atoms. The van der Waals surface area contributed by atoms with Gasteiger partial charge in [-0.15, -0.1) is 10.2 Å². The average molecular weight is 492 g/mol. The molecule has 2 heterocycles. The lowest BCUT2D eigenvalue weighted by Gasteiger charge is -2.33. The van der Waals surface area contributed by atoms with Crippen molar-refractivity contribution in [1.29, 1.82) is 0 Å². The van der Waals surface area contributed by atoms with Gasteiger partial charge in [0.05, 0.1) is 23.4 Å². The summed E-state index contributed by atoms with van der Waals surface area (Å²) in [6.45, 7) is 2.53. The highest BCUT2D eigenvalue weighted by atomic mass is 35.5. The van der Waals surface area contributed by atoms with Crippen LogP contribution in [0.2, 0.25) is 5.02 Å². The molecule has 1 amide bonds. The first kappa shape index (κ1) is 22.3. The first-order chi connectivity index (χ1) is 16.6. The van der Waals surface area contributed by atoms with Crippen LogP contribution in [0.4, 0.5) is 5.69 Å². The highest BCUT2D eigenvalue weighted by Gasteiger charge is 2.38. The molecule has 1 aliphatic rings. The standard InChI is InChI=1S/C25H22ClN5O2S/c1-2-33-18-14-12-16(13-15-18)21-22(24(32)27-20-11-7-6-10-19(20)26)34-25-29-28-23(31(25)30-21)17-8-4-3-5-9-17/h3-15,21-22,30H,2H2,1H3,(H,27,32)/t21-,22+/m0/s1. The largest absolute Gasteiger partial charge is 0.494 e. The summed E-state index contributed by atoms with van der Waals surface area (Å²) in [6, 6.07) is 24.4. The van der Waals surface area contributed by atoms with E-state index in [2.05, 4.69) is 20.9 Å². The molecule has 1 aliphatic heterocycles. The minimum Gasteiger partial charge on any atom is -0.494 e. The maximum Gasteiger partial charge on any atom is 0.240 e. The molecule has 5 rings (SSSR count). The smallest absolute Gasteiger partial charge is 0.240 e. The van der Waals surface area contributed by atoms with Crippen molar-refractivity contribution < 1.29 is 9.53 Å². The third-order valence-corrected chi connectivity index (χ3v) is 6.95. The number of benzene rings is 3. The first-order valence-corrected chi connectivity index (χ1v) is 12.1. The van der Waals surface area contributed by atoms with Gasteiger partial charge in [0, 0.05) is 5.56 Å². The number of hydrogen-bond donors (Lipinski definition) is 2. The zero-order chi connectivity index (χ0) is 23.5. The van der Waals surface area contributed by atoms with Gasteiger partial charge in [-0.2, -0.15) is 0 Å². The monoisotopic (exact) mass is 491 g/mol. The minimum absolute atomic E-state index is 0.181. The number of aromatic nitrogens is 3. The quantitative estimate of drug-likeness (QED) is 0.376. The van der Waals surface area contributed by atoms with Crippen molar-refractivity contribution in [2.45, 2.75) is 23.4 Å². The van der Waals surface area contributed by atoms with Crippen molar-refractivity contribution in [1.82, 2.24) is 14.9 Å². The molecule has 0 aliphatic carbocycles. The molecule has 0 saturated carbocycles. The Balaban J connectivity index is 1.51. The molecular weight excluding hydrogens is 470 g/mol. The maximum absolute atomic E-state index is 13.4. The maximum atomic E-state index is 13.4. The van der Waals surface area contributed by atoms with E-state index in [0.717, 1.165) is 16.9 Å². The molecule has 7 nitrogen and oxygen atoms in total. The highest BCUT2D eigenvalue weighted by molar-refractivity contribution is 8.00. The van der Waals surface area contributed by atoms with E-state index in [1.165, 1.54) is 11.8 Å². The number of amides is 1. The summed E-state index contributed by atoms with van der Waals surface area (Å²) in [5.41, 5.74) is 5.91. The van der Waals surface area contributed by atoms with Crippen LogP contribution < -0.4 is 15.5 Å². The second-order valence-corrected chi connectivity index (χ2v) is 9.14. The number of para-hydroxylation sites is 1. The molecule has 3 aromatic carbocycles. The van der Waals surface area contributed by atoms with Crippen molar-refractivity contribution in [2.75, 3.05) is 17.3 Å². The Hall–Kier alpha value is -3.49. The van der Waals surface area contributed by atoms with Gasteiger partial charge in [-0.1, -0.05) is 78.0 Å². The van der Waals surface area contributed by atoms with Gasteiger partial charge in [0.2, 0.25) is 11.1 Å². The number of ether oxygens (including phenoxy) is 1. The zero-order valence-corrected chi connectivity index (χ0v) is 19.9. The van der Waals surface area contributed by atoms with Crippen LogP contribution in [0, 0.1) is 0 Å². The van der Waals surface area contributed by atoms with Gasteiger partial charge in [0.1, 0.15) is 11.0 Å². The number of hydrogen-bond acceptors (Lipinski definition) is 6. The van der Waals surface area contributed by atoms with E-state index in [-0.39, 0.29) is 11.9 Å². The molecule has 0 unspecified atom stereocenters. The lowest BCUT2D eigenvalue weighted by Crippen LogP contribution is -2.41. The Morgan fingerprint density at radius 2 is 1.79 bits per heavy atom. The van der Waals surface area contributed by atoms with Crippen molar-refractivity contribution in [2.24, 2.45) is 0 Å². The van der Waals surface area contributed by atoms with Gasteiger partial charge >= 0.3 is 0 Å². The molecule has 0 saturated heterocycles. The van der Waals surface area contributed by atoms with E-state index in [0.29, 0.717) is 28.3 Å². The number of anilines is 1. The Bertz CT molecular complexity index is 1300. The normalized spacial score (nSPS) is 16.9. The Morgan fingerprint density at radius 3 is 2.53 bits per heavy atom. The molecular formula is C25H22ClN5O2S. The number of nitrogens with one attached hydrogen (secondary N) is 2. The molecule has 34 heavy (non-hydrogen) atoms. The third kappa shape index (κ3) is 4.47. The molecule has 172 valence electrons. The van der Waals surface area contributed by atoms with Gasteiger partial charge in [-0.25, -0.2) is 4.68 Å². The second kappa shape index (κ2) is 9.79. The number of fused-ring (bicyclic) bond motifs is 1. The second-order valence-electron chi connectivity index (χ2n) is 7.62. The summed E-state index contributed by atoms with van der Waals surface area (Å²) < 4.78 is 7.44. The Morgan fingerprint density at radius 1 is 1.06 bits per heavy atom. The van der Waals surface area contributed by atoms with Crippen LogP contribution in [0.1, 0.15) is 18.5 Å². The molecule has 0 spiro atoms. The summed E-state index contributed by atoms with van der Waals surface area (Å²) in [5.74, 6) is 1.28. The summed E-state index contributed by atoms with van der Waals surface area (Å²) in [4.78, 5) is 13.4. The molecule has 2 atom stereocenters. The predicted molar refractivity (Wildman–Crippen MR) is 135 cm³/mol. The number of nitrogens with zero attached hydrogens (tertiary/aromatic N) is 3. The van der Waals surface area contributed by atoms with Crippen molar-refractivity contribution >= 4 is 35.0 Å². The average Bonchev–Trinajstić information content (AvgIpc) is 3.29. The molecule has 1 aromatic heterocycles. The van der Waals surface area contributed by atoms with Crippen LogP contribution >= 0.6 is 23.4 Å². The van der Waals surface area contributed by atoms with E-state index in [1.54, 1.807) is 12.1 Å². The summed E-state index contributed by atoms with van der Waals surface area (Å²) >= 11 is 7.65. The SMILES string of the molecule is CCOc1ccc([C@@H]2Nn3c(nnc3-c3ccccc3)S[C@H]2C(=O)Nc2ccccc2Cl)cc1. The van der Waals surface area contributed by atoms with E-state index in [4.69, 9.17) is 16.3 Å². The summed E-state index contributed by atoms with van der Waals surface area (Å²) in [7, 11) is 0. The fourth-order valence-corrected chi connectivity index (χ4v) is 5.05. The van der Waals surface area contributed by atoms with Gasteiger partial charge < -0.3 is 15.5 Å². The number of carbonyl (C=O) groups is 1. The first-order valence-electron chi connectivity index (χ1n) is 10.9. The third-order valence-electron chi connectivity index (χ3n) is 5.41. The predicted octanol–water partition coefficient (Wildman–Crippen LogP) is 5.40. The topological polar surface area (TPSA) is 81.1 Å². The Kier molecular flexibility index (Phi) is 6.42. The fourth-order valence-electron chi connectivity index (χ4n) is 3.78. The van der Waals surface area contributed by atoms with Crippen LogP contribution in [-0.4, -0.2) is 32.6 Å². The number of thioether (sulfide) groups is 1. The highest BCUT2D eigenvalue weighted by Crippen LogP contribution is 2.39. The molecule has 9 heteroatoms. The van der Waals surface area contributed by atoms with Crippen molar-refractivity contribution in [3.63, 3.8) is 0 Å². The van der Waals surface area contributed by atoms with Crippen LogP contribution in [-0.2, 0) is 4.79 Å². The summed E-state index contributed by atoms with van der Waals surface area (Å²) in [6.07, 6.45) is 0. The van der Waals surface area contributed by atoms with Gasteiger partial charge in [0.25, 0.3) is 0 Å². The summed E-state index contributed by atoms with van der Waals surface area (Å²) in [5, 5.41) is 12.3. The van der Waals surface area contributed by atoms with Gasteiger partial charge in [-0.3, -0.25) is 4.79 Å². The van der Waals surface area contributed by atoms with Gasteiger partial charge in [-0.05, 0) is 36.8 Å². The van der Waals surface area contributed by atoms with Crippen molar-refractivity contribution in [3.8, 4) is 17.1 Å². The minimum atomic E-state index is -0.519. The van der Waals surface area contributed by atoms with Gasteiger partial charge in [0.15, 0.2) is 5.82 Å². The molecule has 4 aromatic rings. The van der Waals surface area contributed by atoms with Crippen LogP contribution in [0.5, 0.6) is 5.75 Å². The molecule has 2 N–H and O–H groups in total. The van der Waals surface area contributed by atoms with Crippen LogP contribution in [0.3, 0.4) is 0 Å². The number of halogens is 1. The van der Waals surface area contributed by atoms with E-state index in [9.17, 15) is 4.79 Å². The number of rotatable bonds is 6.